The molecule has 2 aliphatic rings. The first kappa shape index (κ1) is 16.5. The number of aliphatic hydroxyl groups excluding tert-OH is 1. The van der Waals surface area contributed by atoms with Crippen LogP contribution in [0.25, 0.3) is 0 Å². The second-order valence-electron chi connectivity index (χ2n) is 6.69. The molecule has 24 heavy (non-hydrogen) atoms. The Hall–Kier alpha value is -0.920. The molecule has 4 rings (SSSR count). The number of nitrogens with one attached hydrogen (secondary N) is 1. The van der Waals surface area contributed by atoms with E-state index in [1.54, 1.807) is 11.3 Å². The normalized spacial score (nSPS) is 33.2. The molecule has 0 radical (unpaired) electrons. The zero-order chi connectivity index (χ0) is 16.7. The zero-order valence-electron chi connectivity index (χ0n) is 13.6. The van der Waals surface area contributed by atoms with Crippen LogP contribution < -0.4 is 9.80 Å². The second-order valence-corrected chi connectivity index (χ2v) is 8.84. The number of quaternary nitrogens is 1. The second kappa shape index (κ2) is 6.42. The summed E-state index contributed by atoms with van der Waals surface area (Å²) in [5.41, 5.74) is 1.92. The number of benzene rings is 1. The lowest BCUT2D eigenvalue weighted by atomic mass is 10.0. The van der Waals surface area contributed by atoms with Gasteiger partial charge in [0.15, 0.2) is 16.6 Å². The molecule has 2 aliphatic heterocycles. The summed E-state index contributed by atoms with van der Waals surface area (Å²) in [6, 6.07) is 10.2. The van der Waals surface area contributed by atoms with Gasteiger partial charge in [0, 0.05) is 23.1 Å². The fraction of sp³-hybridized carbons (Fsp3) is 0.444. The van der Waals surface area contributed by atoms with Gasteiger partial charge in [-0.05, 0) is 30.0 Å². The summed E-state index contributed by atoms with van der Waals surface area (Å²) in [7, 11) is 0. The van der Waals surface area contributed by atoms with Gasteiger partial charge in [-0.1, -0.05) is 35.2 Å². The predicted molar refractivity (Wildman–Crippen MR) is 99.3 cm³/mol. The van der Waals surface area contributed by atoms with E-state index >= 15 is 0 Å². The first-order valence-corrected chi connectivity index (χ1v) is 10.0. The highest BCUT2D eigenvalue weighted by Gasteiger charge is 2.50. The van der Waals surface area contributed by atoms with E-state index in [-0.39, 0.29) is 6.04 Å². The first-order chi connectivity index (χ1) is 11.6. The Balaban J connectivity index is 1.88. The van der Waals surface area contributed by atoms with Gasteiger partial charge in [-0.15, -0.1) is 0 Å². The number of aryl methyl sites for hydroxylation is 1. The molecule has 1 fully saturated rings. The molecule has 0 amide bonds. The number of rotatable bonds is 2. The fourth-order valence-corrected chi connectivity index (χ4v) is 6.12. The first-order valence-electron chi connectivity index (χ1n) is 8.29. The number of fused-ring (bicyclic) bond motifs is 1. The van der Waals surface area contributed by atoms with Gasteiger partial charge in [-0.25, -0.2) is 4.39 Å². The van der Waals surface area contributed by atoms with Gasteiger partial charge in [-0.2, -0.15) is 0 Å². The Morgan fingerprint density at radius 1 is 1.25 bits per heavy atom. The molecule has 1 saturated heterocycles. The lowest BCUT2D eigenvalue weighted by Gasteiger charge is -2.42. The van der Waals surface area contributed by atoms with Crippen molar-refractivity contribution in [3.05, 3.63) is 46.8 Å². The minimum Gasteiger partial charge on any atom is -0.376 e. The lowest BCUT2D eigenvalue weighted by Crippen LogP contribution is -2.61. The molecule has 0 saturated carbocycles. The molecule has 4 atom stereocenters. The summed E-state index contributed by atoms with van der Waals surface area (Å²) in [5, 5.41) is 17.1. The van der Waals surface area contributed by atoms with Crippen LogP contribution in [0, 0.1) is 6.92 Å². The van der Waals surface area contributed by atoms with E-state index in [1.807, 2.05) is 17.5 Å². The third-order valence-corrected chi connectivity index (χ3v) is 7.33. The quantitative estimate of drug-likeness (QED) is 0.801. The molecule has 0 bridgehead atoms. The highest BCUT2D eigenvalue weighted by Crippen LogP contribution is 2.43. The lowest BCUT2D eigenvalue weighted by molar-refractivity contribution is 0.107. The van der Waals surface area contributed by atoms with Gasteiger partial charge in [0.05, 0.1) is 6.54 Å². The van der Waals surface area contributed by atoms with Crippen LogP contribution in [0.3, 0.4) is 0 Å². The third-order valence-electron chi connectivity index (χ3n) is 5.24. The summed E-state index contributed by atoms with van der Waals surface area (Å²) < 4.78 is 15.3. The van der Waals surface area contributed by atoms with E-state index < -0.39 is 11.6 Å². The van der Waals surface area contributed by atoms with Gasteiger partial charge < -0.3 is 10.4 Å². The van der Waals surface area contributed by atoms with Crippen LogP contribution in [-0.4, -0.2) is 42.4 Å². The van der Waals surface area contributed by atoms with Gasteiger partial charge in [-0.3, -0.25) is 4.48 Å². The van der Waals surface area contributed by atoms with Crippen LogP contribution >= 0.6 is 23.1 Å². The van der Waals surface area contributed by atoms with Gasteiger partial charge in [0.25, 0.3) is 0 Å². The fourth-order valence-electron chi connectivity index (χ4n) is 4.02. The monoisotopic (exact) mass is 365 g/mol. The summed E-state index contributed by atoms with van der Waals surface area (Å²) in [6.07, 6.45) is -0.894. The van der Waals surface area contributed by atoms with Crippen LogP contribution in [0.5, 0.6) is 0 Å². The number of thioether (sulfide) groups is 1. The summed E-state index contributed by atoms with van der Waals surface area (Å²) >= 11 is 3.17. The largest absolute Gasteiger partial charge is 0.376 e. The molecular formula is C18H22FN2OS2+. The maximum Gasteiger partial charge on any atom is 0.188 e. The van der Waals surface area contributed by atoms with E-state index in [0.29, 0.717) is 24.1 Å². The molecule has 0 aliphatic carbocycles. The minimum atomic E-state index is -0.894. The van der Waals surface area contributed by atoms with Crippen LogP contribution in [0.2, 0.25) is 0 Å². The number of aliphatic hydroxyl groups is 1. The Morgan fingerprint density at radius 3 is 2.83 bits per heavy atom. The van der Waals surface area contributed by atoms with E-state index in [9.17, 15) is 9.50 Å². The van der Waals surface area contributed by atoms with Gasteiger partial charge >= 0.3 is 0 Å². The van der Waals surface area contributed by atoms with Gasteiger partial charge in [0.1, 0.15) is 19.1 Å². The number of alkyl halides is 1. The molecule has 3 heterocycles. The topological polar surface area (TPSA) is 32.3 Å². The van der Waals surface area contributed by atoms with E-state index in [0.717, 1.165) is 16.4 Å². The predicted octanol–water partition coefficient (Wildman–Crippen LogP) is 3.30. The molecule has 2 aromatic rings. The maximum atomic E-state index is 14.8. The van der Waals surface area contributed by atoms with Crippen LogP contribution in [-0.2, 0) is 6.54 Å². The van der Waals surface area contributed by atoms with Crippen molar-refractivity contribution in [3.63, 3.8) is 0 Å². The van der Waals surface area contributed by atoms with Crippen molar-refractivity contribution >= 4 is 28.1 Å². The Kier molecular flexibility index (Phi) is 4.43. The maximum absolute atomic E-state index is 14.8. The molecule has 6 heteroatoms. The van der Waals surface area contributed by atoms with Gasteiger partial charge in [0.2, 0.25) is 0 Å². The van der Waals surface area contributed by atoms with Crippen molar-refractivity contribution in [2.75, 3.05) is 19.6 Å². The third kappa shape index (κ3) is 2.70. The van der Waals surface area contributed by atoms with Crippen molar-refractivity contribution in [2.24, 2.45) is 0 Å². The Bertz CT molecular complexity index is 724. The van der Waals surface area contributed by atoms with Crippen molar-refractivity contribution in [1.29, 1.82) is 0 Å². The summed E-state index contributed by atoms with van der Waals surface area (Å²) in [6.45, 7) is 4.43. The molecule has 1 aromatic heterocycles. The highest BCUT2D eigenvalue weighted by molar-refractivity contribution is 7.99. The summed E-state index contributed by atoms with van der Waals surface area (Å²) in [4.78, 5) is 1.13. The van der Waals surface area contributed by atoms with Crippen molar-refractivity contribution in [1.82, 2.24) is 9.80 Å². The smallest absolute Gasteiger partial charge is 0.188 e. The van der Waals surface area contributed by atoms with Crippen molar-refractivity contribution in [3.8, 4) is 0 Å². The average molecular weight is 366 g/mol. The van der Waals surface area contributed by atoms with E-state index in [1.165, 1.54) is 22.9 Å². The van der Waals surface area contributed by atoms with Crippen LogP contribution in [0.15, 0.2) is 40.6 Å². The minimum absolute atomic E-state index is 0.163. The van der Waals surface area contributed by atoms with E-state index in [4.69, 9.17) is 0 Å². The SMILES string of the molecule is Cc1cccc2c1C[N+](c1cccs1)([C@H]1CNC[C@@H]1F)CC(O)S2. The molecule has 2 N–H and O–H groups in total. The molecule has 2 unspecified atom stereocenters. The van der Waals surface area contributed by atoms with E-state index in [2.05, 4.69) is 30.4 Å². The standard InChI is InChI=1S/C18H22FN2OS2/c1-12-4-2-5-16-13(12)10-21(11-18(22)24-16,17-6-3-7-23-17)15-9-20-8-14(15)19/h2-7,14-15,18,20,22H,8-11H2,1H3/q+1/t14-,15-,18?,21?/m0/s1. The number of hydrogen-bond donors (Lipinski definition) is 2. The molecule has 1 aromatic carbocycles. The van der Waals surface area contributed by atoms with Crippen LogP contribution in [0.1, 0.15) is 11.1 Å². The highest BCUT2D eigenvalue weighted by atomic mass is 32.2. The number of thiophene rings is 1. The Morgan fingerprint density at radius 2 is 2.12 bits per heavy atom. The number of nitrogens with zero attached hydrogens (tertiary/aromatic N) is 1. The zero-order valence-corrected chi connectivity index (χ0v) is 15.2. The molecule has 3 nitrogen and oxygen atoms in total. The molecule has 128 valence electrons. The molecular weight excluding hydrogens is 343 g/mol. The van der Waals surface area contributed by atoms with Crippen molar-refractivity contribution < 1.29 is 9.50 Å². The summed E-state index contributed by atoms with van der Waals surface area (Å²) in [5.74, 6) is 0. The molecule has 0 spiro atoms. The van der Waals surface area contributed by atoms with Crippen molar-refractivity contribution in [2.45, 2.75) is 36.0 Å². The van der Waals surface area contributed by atoms with Crippen LogP contribution in [0.4, 0.5) is 9.39 Å². The number of halogens is 1. The average Bonchev–Trinajstić information content (AvgIpc) is 3.19. The Labute approximate surface area is 150 Å². The number of hydrogen-bond acceptors (Lipinski definition) is 4.